The zero-order valence-electron chi connectivity index (χ0n) is 27.8. The van der Waals surface area contributed by atoms with E-state index < -0.39 is 5.97 Å². The highest BCUT2D eigenvalue weighted by molar-refractivity contribution is 6.35. The fourth-order valence-electron chi connectivity index (χ4n) is 6.71. The van der Waals surface area contributed by atoms with Crippen LogP contribution in [0.2, 0.25) is 10.0 Å². The van der Waals surface area contributed by atoms with Crippen molar-refractivity contribution in [3.63, 3.8) is 0 Å². The molecule has 1 amide bonds. The van der Waals surface area contributed by atoms with Crippen LogP contribution >= 0.6 is 23.2 Å². The predicted molar refractivity (Wildman–Crippen MR) is 191 cm³/mol. The Morgan fingerprint density at radius 2 is 1.67 bits per heavy atom. The Hall–Kier alpha value is -4.47. The molecule has 5 aromatic rings. The smallest absolute Gasteiger partial charge is 0.335 e. The molecule has 0 bridgehead atoms. The van der Waals surface area contributed by atoms with Crippen LogP contribution in [-0.4, -0.2) is 69.4 Å². The molecule has 0 aliphatic carbocycles. The number of fused-ring (bicyclic) bond motifs is 1. The van der Waals surface area contributed by atoms with Gasteiger partial charge in [-0.15, -0.1) is 0 Å². The molecule has 1 aliphatic heterocycles. The van der Waals surface area contributed by atoms with E-state index in [1.807, 2.05) is 74.7 Å². The van der Waals surface area contributed by atoms with Gasteiger partial charge < -0.3 is 24.6 Å². The van der Waals surface area contributed by atoms with Crippen molar-refractivity contribution in [2.24, 2.45) is 7.05 Å². The molecule has 48 heavy (non-hydrogen) atoms. The maximum absolute atomic E-state index is 14.3. The highest BCUT2D eigenvalue weighted by atomic mass is 35.5. The zero-order chi connectivity index (χ0) is 34.3. The molecule has 0 unspecified atom stereocenters. The SMILES string of the molecule is Cc1cc(OCCCc2c(C(=O)N3CCN(c4cccc(C(=O)O)c4)CC3)[nH]c3c(-c4c(C)nn(C)c4C)c(Cl)ccc23)cc(C)c1Cl. The van der Waals surface area contributed by atoms with E-state index in [1.54, 1.807) is 18.2 Å². The second-order valence-electron chi connectivity index (χ2n) is 12.5. The first kappa shape index (κ1) is 33.4. The summed E-state index contributed by atoms with van der Waals surface area (Å²) in [5.41, 5.74) is 8.94. The standard InChI is InChI=1S/C37H39Cl2N5O4/c1-21-18-27(19-22(2)33(21)39)48-17-7-10-28-29-11-12-30(38)32(31-23(3)41-42(5)24(31)4)34(29)40-35(28)36(45)44-15-13-43(14-16-44)26-9-6-8-25(20-26)37(46)47/h6,8-9,11-12,18-20,40H,7,10,13-17H2,1-5H3,(H,46,47). The summed E-state index contributed by atoms with van der Waals surface area (Å²) in [6, 6.07) is 14.7. The number of piperazine rings is 1. The number of aryl methyl sites for hydroxylation is 5. The van der Waals surface area contributed by atoms with Gasteiger partial charge in [-0.25, -0.2) is 4.79 Å². The van der Waals surface area contributed by atoms with Gasteiger partial charge in [-0.2, -0.15) is 5.10 Å². The largest absolute Gasteiger partial charge is 0.494 e. The lowest BCUT2D eigenvalue weighted by Gasteiger charge is -2.36. The van der Waals surface area contributed by atoms with E-state index in [0.29, 0.717) is 56.3 Å². The molecule has 250 valence electrons. The van der Waals surface area contributed by atoms with Gasteiger partial charge in [-0.05, 0) is 93.6 Å². The Balaban J connectivity index is 1.30. The number of H-pyrrole nitrogens is 1. The zero-order valence-corrected chi connectivity index (χ0v) is 29.3. The summed E-state index contributed by atoms with van der Waals surface area (Å²) in [7, 11) is 1.91. The van der Waals surface area contributed by atoms with Crippen LogP contribution in [0.15, 0.2) is 48.5 Å². The molecule has 0 atom stereocenters. The number of ether oxygens (including phenoxy) is 1. The molecular formula is C37H39Cl2N5O4. The predicted octanol–water partition coefficient (Wildman–Crippen LogP) is 7.78. The number of aromatic nitrogens is 3. The summed E-state index contributed by atoms with van der Waals surface area (Å²) < 4.78 is 7.98. The number of anilines is 1. The number of halogens is 2. The monoisotopic (exact) mass is 687 g/mol. The van der Waals surface area contributed by atoms with E-state index in [9.17, 15) is 14.7 Å². The number of carbonyl (C=O) groups is 2. The molecule has 11 heteroatoms. The molecular weight excluding hydrogens is 649 g/mol. The molecule has 1 saturated heterocycles. The fourth-order valence-corrected chi connectivity index (χ4v) is 7.07. The Labute approximate surface area is 290 Å². The van der Waals surface area contributed by atoms with Crippen molar-refractivity contribution in [3.05, 3.63) is 97.9 Å². The van der Waals surface area contributed by atoms with Gasteiger partial charge in [0.05, 0.1) is 28.4 Å². The van der Waals surface area contributed by atoms with E-state index in [1.165, 1.54) is 0 Å². The summed E-state index contributed by atoms with van der Waals surface area (Å²) in [6.45, 7) is 10.6. The quantitative estimate of drug-likeness (QED) is 0.153. The number of amides is 1. The van der Waals surface area contributed by atoms with E-state index in [4.69, 9.17) is 27.9 Å². The molecule has 0 radical (unpaired) electrons. The third-order valence-corrected chi connectivity index (χ3v) is 10.2. The van der Waals surface area contributed by atoms with Crippen LogP contribution in [0, 0.1) is 27.7 Å². The number of carboxylic acid groups (broad SMARTS) is 1. The minimum absolute atomic E-state index is 0.0771. The van der Waals surface area contributed by atoms with Crippen molar-refractivity contribution in [2.45, 2.75) is 40.5 Å². The summed E-state index contributed by atoms with van der Waals surface area (Å²) in [5.74, 6) is -0.267. The summed E-state index contributed by atoms with van der Waals surface area (Å²) >= 11 is 13.3. The number of aromatic amines is 1. The van der Waals surface area contributed by atoms with Crippen LogP contribution in [0.5, 0.6) is 5.75 Å². The number of hydrogen-bond donors (Lipinski definition) is 2. The summed E-state index contributed by atoms with van der Waals surface area (Å²) in [6.07, 6.45) is 1.30. The van der Waals surface area contributed by atoms with Crippen molar-refractivity contribution in [2.75, 3.05) is 37.7 Å². The maximum Gasteiger partial charge on any atom is 0.335 e. The lowest BCUT2D eigenvalue weighted by molar-refractivity contribution is 0.0695. The van der Waals surface area contributed by atoms with Crippen LogP contribution in [0.1, 0.15) is 55.3 Å². The van der Waals surface area contributed by atoms with Crippen LogP contribution in [0.3, 0.4) is 0 Å². The van der Waals surface area contributed by atoms with E-state index in [2.05, 4.69) is 15.0 Å². The Kier molecular flexibility index (Phi) is 9.45. The number of nitrogens with zero attached hydrogens (tertiary/aromatic N) is 4. The average Bonchev–Trinajstić information content (AvgIpc) is 3.56. The lowest BCUT2D eigenvalue weighted by atomic mass is 9.98. The van der Waals surface area contributed by atoms with Gasteiger partial charge in [-0.3, -0.25) is 9.48 Å². The highest BCUT2D eigenvalue weighted by Crippen LogP contribution is 2.40. The molecule has 0 saturated carbocycles. The van der Waals surface area contributed by atoms with Crippen molar-refractivity contribution in [1.29, 1.82) is 0 Å². The van der Waals surface area contributed by atoms with Gasteiger partial charge in [0.25, 0.3) is 5.91 Å². The Morgan fingerprint density at radius 3 is 2.31 bits per heavy atom. The van der Waals surface area contributed by atoms with Gasteiger partial charge in [0.2, 0.25) is 0 Å². The molecule has 3 heterocycles. The summed E-state index contributed by atoms with van der Waals surface area (Å²) in [4.78, 5) is 33.3. The average molecular weight is 689 g/mol. The molecule has 9 nitrogen and oxygen atoms in total. The van der Waals surface area contributed by atoms with Gasteiger partial charge in [0.1, 0.15) is 11.4 Å². The number of aromatic carboxylic acids is 1. The van der Waals surface area contributed by atoms with Crippen LogP contribution in [0.4, 0.5) is 5.69 Å². The van der Waals surface area contributed by atoms with E-state index in [0.717, 1.165) is 66.6 Å². The Morgan fingerprint density at radius 1 is 0.958 bits per heavy atom. The number of carbonyl (C=O) groups excluding carboxylic acids is 1. The second-order valence-corrected chi connectivity index (χ2v) is 13.2. The highest BCUT2D eigenvalue weighted by Gasteiger charge is 2.29. The van der Waals surface area contributed by atoms with Gasteiger partial charge in [-0.1, -0.05) is 35.3 Å². The molecule has 6 rings (SSSR count). The number of rotatable bonds is 9. The lowest BCUT2D eigenvalue weighted by Crippen LogP contribution is -2.49. The van der Waals surface area contributed by atoms with E-state index >= 15 is 0 Å². The first-order valence-electron chi connectivity index (χ1n) is 16.0. The molecule has 1 fully saturated rings. The number of carboxylic acids is 1. The van der Waals surface area contributed by atoms with Crippen molar-refractivity contribution in [1.82, 2.24) is 19.7 Å². The normalized spacial score (nSPS) is 13.4. The minimum Gasteiger partial charge on any atom is -0.494 e. The van der Waals surface area contributed by atoms with Crippen molar-refractivity contribution in [3.8, 4) is 16.9 Å². The maximum atomic E-state index is 14.3. The first-order chi connectivity index (χ1) is 22.9. The molecule has 2 N–H and O–H groups in total. The first-order valence-corrected chi connectivity index (χ1v) is 16.8. The number of hydrogen-bond acceptors (Lipinski definition) is 5. The molecule has 1 aliphatic rings. The van der Waals surface area contributed by atoms with E-state index in [-0.39, 0.29) is 11.5 Å². The third-order valence-electron chi connectivity index (χ3n) is 9.28. The topological polar surface area (TPSA) is 104 Å². The number of nitrogens with one attached hydrogen (secondary N) is 1. The van der Waals surface area contributed by atoms with Crippen LogP contribution < -0.4 is 9.64 Å². The van der Waals surface area contributed by atoms with Crippen molar-refractivity contribution >= 4 is 51.7 Å². The second kappa shape index (κ2) is 13.6. The van der Waals surface area contributed by atoms with Crippen LogP contribution in [-0.2, 0) is 13.5 Å². The van der Waals surface area contributed by atoms with Crippen LogP contribution in [0.25, 0.3) is 22.0 Å². The molecule has 3 aromatic carbocycles. The van der Waals surface area contributed by atoms with Gasteiger partial charge >= 0.3 is 5.97 Å². The summed E-state index contributed by atoms with van der Waals surface area (Å²) in [5, 5.41) is 16.4. The van der Waals surface area contributed by atoms with Crippen molar-refractivity contribution < 1.29 is 19.4 Å². The molecule has 2 aromatic heterocycles. The fraction of sp³-hybridized carbons (Fsp3) is 0.324. The minimum atomic E-state index is -0.961. The van der Waals surface area contributed by atoms with Gasteiger partial charge in [0.15, 0.2) is 0 Å². The molecule has 0 spiro atoms. The third kappa shape index (κ3) is 6.36. The van der Waals surface area contributed by atoms with Gasteiger partial charge in [0, 0.05) is 66.1 Å². The number of benzene rings is 3. The Bertz CT molecular complexity index is 2020.